The molecule has 0 aliphatic carbocycles. The van der Waals surface area contributed by atoms with E-state index in [0.29, 0.717) is 6.04 Å². The minimum absolute atomic E-state index is 0.0874. The molecule has 1 heterocycles. The van der Waals surface area contributed by atoms with Crippen molar-refractivity contribution in [3.8, 4) is 6.07 Å². The third kappa shape index (κ3) is 2.50. The lowest BCUT2D eigenvalue weighted by molar-refractivity contribution is 0.622. The fourth-order valence-electron chi connectivity index (χ4n) is 1.89. The first-order valence-electron chi connectivity index (χ1n) is 5.46. The van der Waals surface area contributed by atoms with Crippen molar-refractivity contribution in [2.75, 3.05) is 18.4 Å². The fourth-order valence-corrected chi connectivity index (χ4v) is 1.89. The predicted molar refractivity (Wildman–Crippen MR) is 60.6 cm³/mol. The molecule has 0 bridgehead atoms. The summed E-state index contributed by atoms with van der Waals surface area (Å²) >= 11 is 0. The van der Waals surface area contributed by atoms with Crippen LogP contribution in [-0.2, 0) is 0 Å². The summed E-state index contributed by atoms with van der Waals surface area (Å²) in [7, 11) is 0. The Morgan fingerprint density at radius 2 is 2.44 bits per heavy atom. The zero-order chi connectivity index (χ0) is 11.4. The van der Waals surface area contributed by atoms with Crippen molar-refractivity contribution in [3.63, 3.8) is 0 Å². The Balaban J connectivity index is 1.96. The van der Waals surface area contributed by atoms with Crippen molar-refractivity contribution in [1.82, 2.24) is 5.32 Å². The number of nitrogens with one attached hydrogen (secondary N) is 2. The number of hydrogen-bond acceptors (Lipinski definition) is 3. The zero-order valence-corrected chi connectivity index (χ0v) is 8.96. The first kappa shape index (κ1) is 10.9. The molecular weight excluding hydrogens is 205 g/mol. The van der Waals surface area contributed by atoms with Crippen LogP contribution in [0, 0.1) is 17.1 Å². The molecule has 0 amide bonds. The van der Waals surface area contributed by atoms with Crippen LogP contribution in [0.15, 0.2) is 18.2 Å². The van der Waals surface area contributed by atoms with Crippen molar-refractivity contribution in [3.05, 3.63) is 29.6 Å². The van der Waals surface area contributed by atoms with Crippen LogP contribution in [0.1, 0.15) is 18.4 Å². The molecule has 0 spiro atoms. The Hall–Kier alpha value is -1.60. The van der Waals surface area contributed by atoms with Gasteiger partial charge in [-0.25, -0.2) is 4.39 Å². The molecule has 0 aromatic heterocycles. The van der Waals surface area contributed by atoms with Crippen LogP contribution >= 0.6 is 0 Å². The van der Waals surface area contributed by atoms with Gasteiger partial charge in [0.1, 0.15) is 11.9 Å². The van der Waals surface area contributed by atoms with Gasteiger partial charge >= 0.3 is 0 Å². The van der Waals surface area contributed by atoms with Gasteiger partial charge in [-0.15, -0.1) is 0 Å². The molecule has 1 aliphatic rings. The number of rotatable bonds is 3. The van der Waals surface area contributed by atoms with E-state index in [1.54, 1.807) is 12.1 Å². The summed E-state index contributed by atoms with van der Waals surface area (Å²) in [5, 5.41) is 15.3. The second-order valence-corrected chi connectivity index (χ2v) is 3.98. The Kier molecular flexibility index (Phi) is 3.37. The Morgan fingerprint density at radius 3 is 3.12 bits per heavy atom. The molecule has 1 aromatic carbocycles. The molecule has 1 aliphatic heterocycles. The maximum Gasteiger partial charge on any atom is 0.141 e. The molecule has 1 unspecified atom stereocenters. The molecule has 1 aromatic rings. The molecule has 2 rings (SSSR count). The highest BCUT2D eigenvalue weighted by atomic mass is 19.1. The molecule has 0 saturated carbocycles. The number of nitrogens with zero attached hydrogens (tertiary/aromatic N) is 1. The highest BCUT2D eigenvalue weighted by molar-refractivity contribution is 5.49. The van der Waals surface area contributed by atoms with Crippen LogP contribution < -0.4 is 10.6 Å². The van der Waals surface area contributed by atoms with Gasteiger partial charge in [0.2, 0.25) is 0 Å². The van der Waals surface area contributed by atoms with Gasteiger partial charge < -0.3 is 10.6 Å². The molecule has 1 fully saturated rings. The van der Waals surface area contributed by atoms with Gasteiger partial charge in [-0.1, -0.05) is 0 Å². The van der Waals surface area contributed by atoms with Crippen LogP contribution in [0.2, 0.25) is 0 Å². The third-order valence-corrected chi connectivity index (χ3v) is 2.80. The molecule has 4 heteroatoms. The summed E-state index contributed by atoms with van der Waals surface area (Å²) in [6.45, 7) is 1.88. The van der Waals surface area contributed by atoms with Crippen molar-refractivity contribution in [2.45, 2.75) is 18.9 Å². The largest absolute Gasteiger partial charge is 0.383 e. The summed E-state index contributed by atoms with van der Waals surface area (Å²) < 4.78 is 13.0. The second-order valence-electron chi connectivity index (χ2n) is 3.98. The number of benzene rings is 1. The highest BCUT2D eigenvalue weighted by Crippen LogP contribution is 2.14. The van der Waals surface area contributed by atoms with Crippen molar-refractivity contribution < 1.29 is 4.39 Å². The average Bonchev–Trinajstić information content (AvgIpc) is 2.81. The van der Waals surface area contributed by atoms with E-state index in [0.717, 1.165) is 18.8 Å². The fraction of sp³-hybridized carbons (Fsp3) is 0.417. The van der Waals surface area contributed by atoms with Gasteiger partial charge in [-0.05, 0) is 37.6 Å². The summed E-state index contributed by atoms with van der Waals surface area (Å²) in [6.07, 6.45) is 2.37. The van der Waals surface area contributed by atoms with Crippen molar-refractivity contribution in [2.24, 2.45) is 0 Å². The van der Waals surface area contributed by atoms with Crippen LogP contribution in [0.5, 0.6) is 0 Å². The molecule has 84 valence electrons. The van der Waals surface area contributed by atoms with E-state index in [2.05, 4.69) is 10.6 Å². The van der Waals surface area contributed by atoms with E-state index >= 15 is 0 Å². The quantitative estimate of drug-likeness (QED) is 0.815. The van der Waals surface area contributed by atoms with E-state index in [1.165, 1.54) is 18.9 Å². The first-order valence-corrected chi connectivity index (χ1v) is 5.46. The SMILES string of the molecule is N#Cc1cc(NCC2CCCN2)ccc1F. The van der Waals surface area contributed by atoms with E-state index in [9.17, 15) is 4.39 Å². The lowest BCUT2D eigenvalue weighted by Gasteiger charge is -2.12. The van der Waals surface area contributed by atoms with Crippen molar-refractivity contribution in [1.29, 1.82) is 5.26 Å². The smallest absolute Gasteiger partial charge is 0.141 e. The second kappa shape index (κ2) is 4.95. The lowest BCUT2D eigenvalue weighted by Crippen LogP contribution is -2.29. The molecule has 1 saturated heterocycles. The monoisotopic (exact) mass is 219 g/mol. The molecule has 3 nitrogen and oxygen atoms in total. The maximum absolute atomic E-state index is 13.0. The molecule has 2 N–H and O–H groups in total. The molecule has 1 atom stereocenters. The van der Waals surface area contributed by atoms with E-state index < -0.39 is 5.82 Å². The summed E-state index contributed by atoms with van der Waals surface area (Å²) in [4.78, 5) is 0. The van der Waals surface area contributed by atoms with Gasteiger partial charge in [0, 0.05) is 18.3 Å². The van der Waals surface area contributed by atoms with Crippen molar-refractivity contribution >= 4 is 5.69 Å². The normalized spacial score (nSPS) is 19.4. The van der Waals surface area contributed by atoms with Gasteiger partial charge in [-0.2, -0.15) is 5.26 Å². The van der Waals surface area contributed by atoms with Gasteiger partial charge in [0.15, 0.2) is 0 Å². The number of anilines is 1. The lowest BCUT2D eigenvalue weighted by atomic mass is 10.2. The van der Waals surface area contributed by atoms with Gasteiger partial charge in [0.05, 0.1) is 5.56 Å². The Labute approximate surface area is 94.3 Å². The van der Waals surface area contributed by atoms with Crippen LogP contribution in [0.3, 0.4) is 0 Å². The van der Waals surface area contributed by atoms with Crippen LogP contribution in [0.25, 0.3) is 0 Å². The predicted octanol–water partition coefficient (Wildman–Crippen LogP) is 1.86. The highest BCUT2D eigenvalue weighted by Gasteiger charge is 2.13. The molecule has 16 heavy (non-hydrogen) atoms. The standard InChI is InChI=1S/C12H14FN3/c13-12-4-3-10(6-9(12)7-14)16-8-11-2-1-5-15-11/h3-4,6,11,15-16H,1-2,5,8H2. The number of hydrogen-bond donors (Lipinski definition) is 2. The first-order chi connectivity index (χ1) is 7.79. The molecule has 0 radical (unpaired) electrons. The van der Waals surface area contributed by atoms with E-state index in [4.69, 9.17) is 5.26 Å². The molecular formula is C12H14FN3. The Morgan fingerprint density at radius 1 is 1.56 bits per heavy atom. The maximum atomic E-state index is 13.0. The number of halogens is 1. The topological polar surface area (TPSA) is 47.9 Å². The average molecular weight is 219 g/mol. The van der Waals surface area contributed by atoms with Crippen LogP contribution in [-0.4, -0.2) is 19.1 Å². The summed E-state index contributed by atoms with van der Waals surface area (Å²) in [6, 6.07) is 6.84. The van der Waals surface area contributed by atoms with Gasteiger partial charge in [-0.3, -0.25) is 0 Å². The Bertz CT molecular complexity index is 405. The summed E-state index contributed by atoms with van der Waals surface area (Å²) in [5.41, 5.74) is 0.885. The van der Waals surface area contributed by atoms with Gasteiger partial charge in [0.25, 0.3) is 0 Å². The summed E-state index contributed by atoms with van der Waals surface area (Å²) in [5.74, 6) is -0.466. The number of nitriles is 1. The van der Waals surface area contributed by atoms with E-state index in [-0.39, 0.29) is 5.56 Å². The minimum atomic E-state index is -0.466. The van der Waals surface area contributed by atoms with E-state index in [1.807, 2.05) is 6.07 Å². The minimum Gasteiger partial charge on any atom is -0.383 e. The third-order valence-electron chi connectivity index (χ3n) is 2.80. The zero-order valence-electron chi connectivity index (χ0n) is 8.96. The van der Waals surface area contributed by atoms with Crippen LogP contribution in [0.4, 0.5) is 10.1 Å².